The van der Waals surface area contributed by atoms with Gasteiger partial charge < -0.3 is 15.6 Å². The van der Waals surface area contributed by atoms with E-state index in [2.05, 4.69) is 21.5 Å². The van der Waals surface area contributed by atoms with Crippen LogP contribution >= 0.6 is 11.8 Å². The SMILES string of the molecule is CC[C@@H](Sc1nc(N)c(C#N)c(-c2ccccc2)c1C#N)C(=O)Nc1cc(C)on1. The molecule has 0 unspecified atom stereocenters. The topological polar surface area (TPSA) is 142 Å². The number of nitrogens with zero attached hydrogens (tertiary/aromatic N) is 4. The van der Waals surface area contributed by atoms with Gasteiger partial charge >= 0.3 is 0 Å². The van der Waals surface area contributed by atoms with Crippen molar-refractivity contribution in [2.45, 2.75) is 30.5 Å². The number of nitrogens with two attached hydrogens (primary N) is 1. The van der Waals surface area contributed by atoms with Crippen LogP contribution in [0.15, 0.2) is 45.9 Å². The smallest absolute Gasteiger partial charge is 0.239 e. The van der Waals surface area contributed by atoms with Gasteiger partial charge in [0.05, 0.1) is 10.8 Å². The molecule has 3 aromatic rings. The lowest BCUT2D eigenvalue weighted by atomic mass is 9.97. The first-order valence-corrected chi connectivity index (χ1v) is 9.96. The lowest BCUT2D eigenvalue weighted by Gasteiger charge is -2.17. The standard InChI is InChI=1S/C21H18N6O2S/c1-3-16(20(28)25-17-9-12(2)29-27-17)30-21-15(11-23)18(13-7-5-4-6-8-13)14(10-22)19(24)26-21/h4-9,16H,3H2,1-2H3,(H2,24,26)(H,25,27,28)/t16-/m1/s1. The minimum absolute atomic E-state index is 0.0141. The number of aryl methyl sites for hydroxylation is 1. The molecular weight excluding hydrogens is 400 g/mol. The summed E-state index contributed by atoms with van der Waals surface area (Å²) in [5.74, 6) is 0.604. The Hall–Kier alpha value is -3.82. The van der Waals surface area contributed by atoms with Crippen LogP contribution in [0.4, 0.5) is 11.6 Å². The second kappa shape index (κ2) is 9.12. The maximum atomic E-state index is 12.7. The minimum atomic E-state index is -0.558. The van der Waals surface area contributed by atoms with Crippen molar-refractivity contribution < 1.29 is 9.32 Å². The van der Waals surface area contributed by atoms with Crippen LogP contribution in [0.3, 0.4) is 0 Å². The Morgan fingerprint density at radius 3 is 2.53 bits per heavy atom. The quantitative estimate of drug-likeness (QED) is 0.574. The molecule has 8 nitrogen and oxygen atoms in total. The molecular formula is C21H18N6O2S. The van der Waals surface area contributed by atoms with Gasteiger partial charge in [0.1, 0.15) is 34.3 Å². The predicted molar refractivity (Wildman–Crippen MR) is 113 cm³/mol. The molecule has 0 saturated carbocycles. The average molecular weight is 418 g/mol. The van der Waals surface area contributed by atoms with E-state index in [9.17, 15) is 15.3 Å². The van der Waals surface area contributed by atoms with Crippen LogP contribution in [0.25, 0.3) is 11.1 Å². The maximum Gasteiger partial charge on any atom is 0.239 e. The zero-order valence-corrected chi connectivity index (χ0v) is 17.2. The van der Waals surface area contributed by atoms with Crippen molar-refractivity contribution >= 4 is 29.3 Å². The second-order valence-corrected chi connectivity index (χ2v) is 7.54. The maximum absolute atomic E-state index is 12.7. The van der Waals surface area contributed by atoms with Crippen LogP contribution in [-0.4, -0.2) is 21.3 Å². The number of rotatable bonds is 6. The fourth-order valence-corrected chi connectivity index (χ4v) is 3.88. The number of nitriles is 2. The molecule has 1 amide bonds. The normalized spacial score (nSPS) is 11.3. The van der Waals surface area contributed by atoms with Crippen molar-refractivity contribution in [3.63, 3.8) is 0 Å². The number of thioether (sulfide) groups is 1. The molecule has 0 spiro atoms. The molecule has 1 atom stereocenters. The van der Waals surface area contributed by atoms with Crippen LogP contribution in [0, 0.1) is 29.6 Å². The molecule has 0 aliphatic carbocycles. The number of carbonyl (C=O) groups is 1. The van der Waals surface area contributed by atoms with Gasteiger partial charge in [-0.2, -0.15) is 10.5 Å². The van der Waals surface area contributed by atoms with Crippen LogP contribution in [0.5, 0.6) is 0 Å². The van der Waals surface area contributed by atoms with E-state index in [0.29, 0.717) is 34.2 Å². The first-order chi connectivity index (χ1) is 14.5. The average Bonchev–Trinajstić information content (AvgIpc) is 3.16. The summed E-state index contributed by atoms with van der Waals surface area (Å²) in [4.78, 5) is 17.0. The summed E-state index contributed by atoms with van der Waals surface area (Å²) in [6, 6.07) is 14.8. The third-order valence-corrected chi connectivity index (χ3v) is 5.63. The van der Waals surface area contributed by atoms with Gasteiger partial charge in [-0.05, 0) is 18.9 Å². The van der Waals surface area contributed by atoms with Gasteiger partial charge in [-0.3, -0.25) is 4.79 Å². The van der Waals surface area contributed by atoms with Crippen LogP contribution in [0.1, 0.15) is 30.2 Å². The number of nitrogens with one attached hydrogen (secondary N) is 1. The Morgan fingerprint density at radius 1 is 1.27 bits per heavy atom. The Kier molecular flexibility index (Phi) is 6.35. The molecule has 0 fully saturated rings. The first-order valence-electron chi connectivity index (χ1n) is 9.08. The summed E-state index contributed by atoms with van der Waals surface area (Å²) in [5, 5.41) is 25.6. The molecule has 0 bridgehead atoms. The van der Waals surface area contributed by atoms with Gasteiger partial charge in [-0.25, -0.2) is 4.98 Å². The molecule has 0 saturated heterocycles. The Bertz CT molecular complexity index is 1160. The van der Waals surface area contributed by atoms with E-state index in [-0.39, 0.29) is 22.9 Å². The molecule has 1 aromatic carbocycles. The number of aromatic nitrogens is 2. The minimum Gasteiger partial charge on any atom is -0.383 e. The van der Waals surface area contributed by atoms with Gasteiger partial charge in [0.2, 0.25) is 5.91 Å². The van der Waals surface area contributed by atoms with Gasteiger partial charge in [-0.15, -0.1) is 0 Å². The van der Waals surface area contributed by atoms with Gasteiger partial charge in [0.25, 0.3) is 0 Å². The second-order valence-electron chi connectivity index (χ2n) is 6.34. The number of pyridine rings is 1. The van der Waals surface area contributed by atoms with Crippen LogP contribution < -0.4 is 11.1 Å². The molecule has 3 rings (SSSR count). The third kappa shape index (κ3) is 4.27. The largest absolute Gasteiger partial charge is 0.383 e. The van der Waals surface area contributed by atoms with E-state index in [0.717, 1.165) is 11.8 Å². The van der Waals surface area contributed by atoms with Crippen molar-refractivity contribution in [1.82, 2.24) is 10.1 Å². The molecule has 9 heteroatoms. The highest BCUT2D eigenvalue weighted by atomic mass is 32.2. The molecule has 0 aliphatic rings. The molecule has 0 radical (unpaired) electrons. The number of benzene rings is 1. The molecule has 150 valence electrons. The fourth-order valence-electron chi connectivity index (χ4n) is 2.87. The predicted octanol–water partition coefficient (Wildman–Crippen LogP) is 3.88. The molecule has 30 heavy (non-hydrogen) atoms. The highest BCUT2D eigenvalue weighted by molar-refractivity contribution is 8.00. The van der Waals surface area contributed by atoms with E-state index in [1.165, 1.54) is 0 Å². The molecule has 2 aromatic heterocycles. The summed E-state index contributed by atoms with van der Waals surface area (Å²) in [7, 11) is 0. The summed E-state index contributed by atoms with van der Waals surface area (Å²) < 4.78 is 4.97. The molecule has 3 N–H and O–H groups in total. The number of anilines is 2. The summed E-state index contributed by atoms with van der Waals surface area (Å²) >= 11 is 1.12. The van der Waals surface area contributed by atoms with Crippen molar-refractivity contribution in [2.24, 2.45) is 0 Å². The summed E-state index contributed by atoms with van der Waals surface area (Å²) in [6.07, 6.45) is 0.473. The Morgan fingerprint density at radius 2 is 1.97 bits per heavy atom. The van der Waals surface area contributed by atoms with E-state index >= 15 is 0 Å². The fraction of sp³-hybridized carbons (Fsp3) is 0.190. The molecule has 0 aliphatic heterocycles. The number of hydrogen-bond acceptors (Lipinski definition) is 8. The van der Waals surface area contributed by atoms with Gasteiger partial charge in [0, 0.05) is 11.6 Å². The van der Waals surface area contributed by atoms with Crippen molar-refractivity contribution in [1.29, 1.82) is 10.5 Å². The molecule has 2 heterocycles. The Labute approximate surface area is 177 Å². The number of hydrogen-bond donors (Lipinski definition) is 2. The van der Waals surface area contributed by atoms with Crippen molar-refractivity contribution in [3.05, 3.63) is 53.3 Å². The van der Waals surface area contributed by atoms with E-state index in [1.54, 1.807) is 25.1 Å². The first kappa shape index (κ1) is 20.9. The highest BCUT2D eigenvalue weighted by Crippen LogP contribution is 2.37. The van der Waals surface area contributed by atoms with Crippen LogP contribution in [0.2, 0.25) is 0 Å². The Balaban J connectivity index is 2.01. The van der Waals surface area contributed by atoms with Crippen LogP contribution in [-0.2, 0) is 4.79 Å². The summed E-state index contributed by atoms with van der Waals surface area (Å²) in [6.45, 7) is 3.57. The van der Waals surface area contributed by atoms with Gasteiger partial charge in [0.15, 0.2) is 5.82 Å². The zero-order valence-electron chi connectivity index (χ0n) is 16.3. The summed E-state index contributed by atoms with van der Waals surface area (Å²) in [5.41, 5.74) is 7.47. The van der Waals surface area contributed by atoms with Crippen molar-refractivity contribution in [3.8, 4) is 23.3 Å². The lowest BCUT2D eigenvalue weighted by Crippen LogP contribution is -2.25. The number of carbonyl (C=O) groups excluding carboxylic acids is 1. The van der Waals surface area contributed by atoms with E-state index in [1.807, 2.05) is 31.2 Å². The zero-order chi connectivity index (χ0) is 21.7. The number of nitrogen functional groups attached to an aromatic ring is 1. The van der Waals surface area contributed by atoms with E-state index in [4.69, 9.17) is 10.3 Å². The highest BCUT2D eigenvalue weighted by Gasteiger charge is 2.25. The monoisotopic (exact) mass is 418 g/mol. The van der Waals surface area contributed by atoms with E-state index < -0.39 is 5.25 Å². The van der Waals surface area contributed by atoms with Crippen molar-refractivity contribution in [2.75, 3.05) is 11.1 Å². The lowest BCUT2D eigenvalue weighted by molar-refractivity contribution is -0.115. The third-order valence-electron chi connectivity index (χ3n) is 4.27. The number of amides is 1. The van der Waals surface area contributed by atoms with Gasteiger partial charge in [-0.1, -0.05) is 54.2 Å².